The number of hydrogen-bond acceptors (Lipinski definition) is 7. The van der Waals surface area contributed by atoms with Crippen LogP contribution in [-0.4, -0.2) is 39.6 Å². The van der Waals surface area contributed by atoms with Crippen LogP contribution in [0.1, 0.15) is 154 Å². The van der Waals surface area contributed by atoms with E-state index in [2.05, 4.69) is 135 Å². The summed E-state index contributed by atoms with van der Waals surface area (Å²) in [4.78, 5) is 16.5. The van der Waals surface area contributed by atoms with Gasteiger partial charge in [-0.3, -0.25) is 9.97 Å². The average Bonchev–Trinajstić information content (AvgIpc) is 3.42. The zero-order chi connectivity index (χ0) is 53.3. The summed E-state index contributed by atoms with van der Waals surface area (Å²) in [7, 11) is 0. The van der Waals surface area contributed by atoms with E-state index >= 15 is 0 Å². The maximum Gasteiger partial charge on any atom is 0.113 e. The third-order valence-corrected chi connectivity index (χ3v) is 6.73. The van der Waals surface area contributed by atoms with E-state index in [1.54, 1.807) is 18.6 Å². The molecule has 6 N–H and O–H groups in total. The summed E-state index contributed by atoms with van der Waals surface area (Å²) in [5.41, 5.74) is 21.2. The molecule has 0 unspecified atom stereocenters. The topological polar surface area (TPSA) is 130 Å². The minimum atomic E-state index is 0. The van der Waals surface area contributed by atoms with E-state index in [-0.39, 0.29) is 65.4 Å². The molecule has 0 aromatic carbocycles. The first-order valence-electron chi connectivity index (χ1n) is 23.2. The minimum absolute atomic E-state index is 0. The molecule has 0 saturated carbocycles. The number of aryl methyl sites for hydroxylation is 3. The van der Waals surface area contributed by atoms with Crippen LogP contribution in [-0.2, 0) is 78.3 Å². The van der Waals surface area contributed by atoms with Crippen molar-refractivity contribution in [2.24, 2.45) is 17.2 Å². The largest absolute Gasteiger partial charge is 0.330 e. The van der Waals surface area contributed by atoms with Gasteiger partial charge in [-0.1, -0.05) is 122 Å². The van der Waals surface area contributed by atoms with Crippen LogP contribution in [0.3, 0.4) is 0 Å². The molecule has 0 aliphatic carbocycles. The molecule has 7 nitrogen and oxygen atoms in total. The van der Waals surface area contributed by atoms with Gasteiger partial charge in [0.2, 0.25) is 0 Å². The van der Waals surface area contributed by atoms with Gasteiger partial charge in [0.15, 0.2) is 0 Å². The molecule has 0 aliphatic heterocycles. The van der Waals surface area contributed by atoms with Gasteiger partial charge in [0.1, 0.15) is 5.69 Å². The first-order valence-corrected chi connectivity index (χ1v) is 23.2. The number of pyridine rings is 4. The van der Waals surface area contributed by atoms with E-state index in [1.807, 2.05) is 98.0 Å². The molecule has 4 heterocycles. The Morgan fingerprint density at radius 3 is 1.23 bits per heavy atom. The third-order valence-electron chi connectivity index (χ3n) is 6.73. The summed E-state index contributed by atoms with van der Waals surface area (Å²) in [6.45, 7) is 19.5. The number of terminal acetylenes is 6. The third kappa shape index (κ3) is 79.1. The molecule has 0 atom stereocenters. The van der Waals surface area contributed by atoms with Crippen molar-refractivity contribution in [3.05, 3.63) is 119 Å². The quantitative estimate of drug-likeness (QED) is 0.130. The van der Waals surface area contributed by atoms with Gasteiger partial charge in [-0.05, 0) is 74.5 Å². The number of rotatable bonds is 6. The molecular formula is C62H81N7Y2-2. The van der Waals surface area contributed by atoms with Crippen LogP contribution in [0.4, 0.5) is 0 Å². The Balaban J connectivity index is -0.000000108. The number of nitrogens with zero attached hydrogens (tertiary/aromatic N) is 4. The summed E-state index contributed by atoms with van der Waals surface area (Å²) >= 11 is 0. The van der Waals surface area contributed by atoms with Crippen LogP contribution in [0, 0.1) is 129 Å². The van der Waals surface area contributed by atoms with Crippen LogP contribution < -0.4 is 17.2 Å². The molecule has 4 aromatic rings. The SMILES string of the molecule is C#CCC.C#CCC.C#CCC.C#CCC.C#CCN.C#CCN.CCC#Cc1cc[c-]cn1.CCC#Cc1ccc(C#CCC)nc1.CCCCc1ccc(CCCN)cn1.Cc1cc[c-]cn1.[Y].[Y]. The van der Waals surface area contributed by atoms with Gasteiger partial charge in [-0.25, -0.2) is 29.2 Å². The van der Waals surface area contributed by atoms with Crippen LogP contribution in [0.15, 0.2) is 73.3 Å². The van der Waals surface area contributed by atoms with Crippen molar-refractivity contribution in [2.45, 2.75) is 139 Å². The van der Waals surface area contributed by atoms with E-state index in [4.69, 9.17) is 42.9 Å². The van der Waals surface area contributed by atoms with Gasteiger partial charge in [0, 0.05) is 140 Å². The smallest absolute Gasteiger partial charge is 0.113 e. The first kappa shape index (κ1) is 82.6. The number of nitrogens with two attached hydrogens (primary N) is 3. The van der Waals surface area contributed by atoms with Gasteiger partial charge in [0.25, 0.3) is 0 Å². The molecule has 0 bridgehead atoms. The van der Waals surface area contributed by atoms with Crippen molar-refractivity contribution in [1.82, 2.24) is 19.9 Å². The maximum absolute atomic E-state index is 5.45. The van der Waals surface area contributed by atoms with Crippen molar-refractivity contribution in [1.29, 1.82) is 0 Å². The molecule has 9 heteroatoms. The van der Waals surface area contributed by atoms with Crippen LogP contribution in [0.5, 0.6) is 0 Å². The van der Waals surface area contributed by atoms with Crippen LogP contribution in [0.25, 0.3) is 0 Å². The molecule has 372 valence electrons. The van der Waals surface area contributed by atoms with Crippen molar-refractivity contribution < 1.29 is 65.4 Å². The second-order valence-corrected chi connectivity index (χ2v) is 12.6. The van der Waals surface area contributed by atoms with E-state index in [0.29, 0.717) is 13.1 Å². The number of unbranched alkanes of at least 4 members (excludes halogenated alkanes) is 1. The standard InChI is InChI=1S/C13H13N.C12H20N2.C9H8N.C6H6N.4C4H6.2C3H5N.2Y/c1-3-5-7-12-9-10-13(14-11-12)8-6-4-2;1-2-3-6-12-8-7-11(10-14-12)5-4-9-13;1-2-3-6-9-7-4-5-8-10-9;1-6-4-2-3-5-7-6;4*1-3-4-2;2*1-2-3-4;;/h9-11H,3-4H2,1-2H3;7-8,10H,2-6,9,13H2,1H3;4,7-8H,2H2,1H3;2,4-5H,1H3;4*1H,4H2,2H3;2*1H,3-4H2;;/q;;2*-1;;;;;;;;. The molecule has 0 saturated heterocycles. The minimum Gasteiger partial charge on any atom is -0.330 e. The molecule has 4 rings (SSSR count). The average molecular weight is 1100 g/mol. The van der Waals surface area contributed by atoms with Crippen LogP contribution in [0.2, 0.25) is 0 Å². The fraction of sp³-hybridized carbons (Fsp3) is 0.387. The number of hydrogen-bond donors (Lipinski definition) is 3. The Labute approximate surface area is 486 Å². The summed E-state index contributed by atoms with van der Waals surface area (Å²) in [6.07, 6.45) is 47.1. The Morgan fingerprint density at radius 2 is 0.930 bits per heavy atom. The second-order valence-electron chi connectivity index (χ2n) is 12.6. The van der Waals surface area contributed by atoms with Gasteiger partial charge in [-0.2, -0.15) is 12.1 Å². The predicted octanol–water partition coefficient (Wildman–Crippen LogP) is 11.0. The van der Waals surface area contributed by atoms with Gasteiger partial charge in [-0.15, -0.1) is 62.2 Å². The van der Waals surface area contributed by atoms with Crippen molar-refractivity contribution in [2.75, 3.05) is 19.6 Å². The van der Waals surface area contributed by atoms with Crippen molar-refractivity contribution in [3.63, 3.8) is 0 Å². The molecule has 0 amide bonds. The zero-order valence-electron chi connectivity index (χ0n) is 44.7. The fourth-order valence-corrected chi connectivity index (χ4v) is 3.29. The molecule has 0 aliphatic rings. The second kappa shape index (κ2) is 78.9. The summed E-state index contributed by atoms with van der Waals surface area (Å²) in [6, 6.07) is 21.3. The van der Waals surface area contributed by atoms with E-state index in [1.165, 1.54) is 24.1 Å². The van der Waals surface area contributed by atoms with Gasteiger partial charge >= 0.3 is 0 Å². The van der Waals surface area contributed by atoms with E-state index in [9.17, 15) is 0 Å². The molecule has 0 fully saturated rings. The Morgan fingerprint density at radius 1 is 0.479 bits per heavy atom. The Bertz CT molecular complexity index is 1970. The molecule has 2 radical (unpaired) electrons. The first-order chi connectivity index (χ1) is 33.5. The van der Waals surface area contributed by atoms with Crippen molar-refractivity contribution >= 4 is 0 Å². The monoisotopic (exact) mass is 1100 g/mol. The normalized spacial score (nSPS) is 7.35. The number of aromatic nitrogens is 4. The van der Waals surface area contributed by atoms with Gasteiger partial charge < -0.3 is 22.2 Å². The molecule has 4 aromatic heterocycles. The van der Waals surface area contributed by atoms with Gasteiger partial charge in [0.05, 0.1) is 13.1 Å². The summed E-state index contributed by atoms with van der Waals surface area (Å²) < 4.78 is 0. The molecule has 0 spiro atoms. The summed E-state index contributed by atoms with van der Waals surface area (Å²) in [5, 5.41) is 0. The predicted molar refractivity (Wildman–Crippen MR) is 299 cm³/mol. The van der Waals surface area contributed by atoms with Crippen LogP contribution >= 0.6 is 0 Å². The van der Waals surface area contributed by atoms with Crippen molar-refractivity contribution in [3.8, 4) is 110 Å². The molecule has 71 heavy (non-hydrogen) atoms. The fourth-order valence-electron chi connectivity index (χ4n) is 3.29. The van der Waals surface area contributed by atoms with E-state index < -0.39 is 0 Å². The maximum atomic E-state index is 5.45. The zero-order valence-corrected chi connectivity index (χ0v) is 50.4. The summed E-state index contributed by atoms with van der Waals surface area (Å²) in [5.74, 6) is 32.0. The molecular weight excluding hydrogens is 1020 g/mol. The Hall–Kier alpha value is -5.27. The Kier molecular flexibility index (Phi) is 91.8. The van der Waals surface area contributed by atoms with E-state index in [0.717, 1.165) is 93.4 Å².